The summed E-state index contributed by atoms with van der Waals surface area (Å²) in [7, 11) is 2.24. The highest BCUT2D eigenvalue weighted by Gasteiger charge is 2.39. The second-order valence-corrected chi connectivity index (χ2v) is 5.56. The number of nitrogen functional groups attached to an aromatic ring is 1. The normalized spacial score (nSPS) is 31.8. The maximum atomic E-state index is 5.91. The topological polar surface area (TPSA) is 81.1 Å². The van der Waals surface area contributed by atoms with Crippen LogP contribution in [0, 0.1) is 0 Å². The fraction of sp³-hybridized carbons (Fsp3) is 0.692. The first-order valence-corrected chi connectivity index (χ1v) is 6.72. The van der Waals surface area contributed by atoms with Crippen LogP contribution in [0.4, 0.5) is 5.82 Å². The molecule has 1 aromatic heterocycles. The minimum Gasteiger partial charge on any atom is -0.383 e. The monoisotopic (exact) mass is 247 g/mol. The van der Waals surface area contributed by atoms with E-state index in [0.29, 0.717) is 30.4 Å². The summed E-state index contributed by atoms with van der Waals surface area (Å²) < 4.78 is 0. The maximum absolute atomic E-state index is 5.91. The van der Waals surface area contributed by atoms with Crippen molar-refractivity contribution >= 4 is 5.82 Å². The lowest BCUT2D eigenvalue weighted by Crippen LogP contribution is -2.39. The molecule has 5 nitrogen and oxygen atoms in total. The number of hydrogen-bond donors (Lipinski definition) is 2. The van der Waals surface area contributed by atoms with Crippen LogP contribution in [0.25, 0.3) is 0 Å². The molecule has 2 bridgehead atoms. The minimum absolute atomic E-state index is 0.408. The molecule has 2 aliphatic heterocycles. The molecule has 18 heavy (non-hydrogen) atoms. The molecule has 2 unspecified atom stereocenters. The number of nitrogens with two attached hydrogens (primary N) is 2. The molecule has 5 heteroatoms. The van der Waals surface area contributed by atoms with Gasteiger partial charge in [0, 0.05) is 36.3 Å². The van der Waals surface area contributed by atoms with Gasteiger partial charge in [0.2, 0.25) is 0 Å². The molecule has 98 valence electrons. The summed E-state index contributed by atoms with van der Waals surface area (Å²) >= 11 is 0. The second-order valence-electron chi connectivity index (χ2n) is 5.56. The van der Waals surface area contributed by atoms with Gasteiger partial charge in [-0.3, -0.25) is 0 Å². The molecule has 0 aromatic carbocycles. The van der Waals surface area contributed by atoms with Gasteiger partial charge in [-0.2, -0.15) is 0 Å². The third-order valence-electron chi connectivity index (χ3n) is 4.60. The fourth-order valence-corrected chi connectivity index (χ4v) is 3.41. The first kappa shape index (κ1) is 11.9. The molecule has 0 saturated carbocycles. The van der Waals surface area contributed by atoms with Crippen LogP contribution in [-0.4, -0.2) is 34.0 Å². The third-order valence-corrected chi connectivity index (χ3v) is 4.60. The SMILES string of the molecule is CN1C2CCC1CC(c1ncc(CN)c(N)n1)C2. The number of rotatable bonds is 2. The molecule has 4 N–H and O–H groups in total. The number of aromatic nitrogens is 2. The van der Waals surface area contributed by atoms with E-state index in [9.17, 15) is 0 Å². The van der Waals surface area contributed by atoms with Crippen LogP contribution in [0.15, 0.2) is 6.20 Å². The predicted octanol–water partition coefficient (Wildman–Crippen LogP) is 0.858. The molecule has 1 aromatic rings. The van der Waals surface area contributed by atoms with E-state index in [2.05, 4.69) is 21.9 Å². The van der Waals surface area contributed by atoms with Gasteiger partial charge in [0.25, 0.3) is 0 Å². The Kier molecular flexibility index (Phi) is 2.95. The molecule has 2 fully saturated rings. The molecule has 0 radical (unpaired) electrons. The van der Waals surface area contributed by atoms with Crippen LogP contribution in [-0.2, 0) is 6.54 Å². The lowest BCUT2D eigenvalue weighted by molar-refractivity contribution is 0.159. The summed E-state index contributed by atoms with van der Waals surface area (Å²) in [4.78, 5) is 11.4. The lowest BCUT2D eigenvalue weighted by atomic mass is 9.90. The number of hydrogen-bond acceptors (Lipinski definition) is 5. The molecule has 0 aliphatic carbocycles. The van der Waals surface area contributed by atoms with Crippen molar-refractivity contribution in [1.29, 1.82) is 0 Å². The Morgan fingerprint density at radius 2 is 2.00 bits per heavy atom. The highest BCUT2D eigenvalue weighted by Crippen LogP contribution is 2.41. The quantitative estimate of drug-likeness (QED) is 0.810. The predicted molar refractivity (Wildman–Crippen MR) is 70.9 cm³/mol. The van der Waals surface area contributed by atoms with Crippen LogP contribution in [0.2, 0.25) is 0 Å². The van der Waals surface area contributed by atoms with Crippen molar-refractivity contribution in [2.75, 3.05) is 12.8 Å². The van der Waals surface area contributed by atoms with Crippen LogP contribution >= 0.6 is 0 Å². The average Bonchev–Trinajstić information content (AvgIpc) is 2.61. The molecule has 2 atom stereocenters. The van der Waals surface area contributed by atoms with Crippen molar-refractivity contribution in [2.45, 2.75) is 50.2 Å². The second kappa shape index (κ2) is 4.48. The van der Waals surface area contributed by atoms with Gasteiger partial charge in [0.1, 0.15) is 11.6 Å². The van der Waals surface area contributed by atoms with Crippen LogP contribution in [0.1, 0.15) is 43.0 Å². The molecule has 3 rings (SSSR count). The van der Waals surface area contributed by atoms with Gasteiger partial charge in [0.15, 0.2) is 0 Å². The molecule has 2 saturated heterocycles. The zero-order valence-electron chi connectivity index (χ0n) is 10.8. The standard InChI is InChI=1S/C13H21N5/c1-18-10-2-3-11(18)5-8(4-10)13-16-7-9(6-14)12(15)17-13/h7-8,10-11H,2-6,14H2,1H3,(H2,15,16,17). The Morgan fingerprint density at radius 1 is 1.33 bits per heavy atom. The highest BCUT2D eigenvalue weighted by molar-refractivity contribution is 5.37. The van der Waals surface area contributed by atoms with Gasteiger partial charge in [-0.15, -0.1) is 0 Å². The summed E-state index contributed by atoms with van der Waals surface area (Å²) in [6.07, 6.45) is 6.74. The average molecular weight is 247 g/mol. The van der Waals surface area contributed by atoms with Crippen molar-refractivity contribution in [3.05, 3.63) is 17.6 Å². The molecule has 3 heterocycles. The van der Waals surface area contributed by atoms with Crippen LogP contribution < -0.4 is 11.5 Å². The van der Waals surface area contributed by atoms with E-state index in [1.165, 1.54) is 12.8 Å². The van der Waals surface area contributed by atoms with Gasteiger partial charge in [-0.05, 0) is 32.7 Å². The van der Waals surface area contributed by atoms with E-state index in [1.807, 2.05) is 0 Å². The van der Waals surface area contributed by atoms with Crippen LogP contribution in [0.3, 0.4) is 0 Å². The summed E-state index contributed by atoms with van der Waals surface area (Å²) in [5.41, 5.74) is 12.3. The number of anilines is 1. The van der Waals surface area contributed by atoms with E-state index in [-0.39, 0.29) is 0 Å². The van der Waals surface area contributed by atoms with E-state index in [4.69, 9.17) is 11.5 Å². The van der Waals surface area contributed by atoms with Crippen molar-refractivity contribution in [1.82, 2.24) is 14.9 Å². The van der Waals surface area contributed by atoms with Gasteiger partial charge < -0.3 is 16.4 Å². The highest BCUT2D eigenvalue weighted by atomic mass is 15.2. The Hall–Kier alpha value is -1.20. The summed E-state index contributed by atoms with van der Waals surface area (Å²) in [5, 5.41) is 0. The van der Waals surface area contributed by atoms with Crippen molar-refractivity contribution in [2.24, 2.45) is 5.73 Å². The Balaban J connectivity index is 1.82. The molecular weight excluding hydrogens is 226 g/mol. The van der Waals surface area contributed by atoms with E-state index in [0.717, 1.165) is 24.2 Å². The Labute approximate surface area is 108 Å². The zero-order valence-corrected chi connectivity index (χ0v) is 10.8. The van der Waals surface area contributed by atoms with Crippen LogP contribution in [0.5, 0.6) is 0 Å². The van der Waals surface area contributed by atoms with Gasteiger partial charge >= 0.3 is 0 Å². The number of nitrogens with zero attached hydrogens (tertiary/aromatic N) is 3. The molecular formula is C13H21N5. The van der Waals surface area contributed by atoms with Gasteiger partial charge in [-0.25, -0.2) is 9.97 Å². The maximum Gasteiger partial charge on any atom is 0.133 e. The third kappa shape index (κ3) is 1.87. The molecule has 2 aliphatic rings. The van der Waals surface area contributed by atoms with Crippen molar-refractivity contribution in [3.8, 4) is 0 Å². The van der Waals surface area contributed by atoms with E-state index >= 15 is 0 Å². The van der Waals surface area contributed by atoms with Gasteiger partial charge in [-0.1, -0.05) is 0 Å². The number of fused-ring (bicyclic) bond motifs is 2. The van der Waals surface area contributed by atoms with E-state index in [1.54, 1.807) is 6.20 Å². The fourth-order valence-electron chi connectivity index (χ4n) is 3.41. The molecule has 0 spiro atoms. The first-order valence-electron chi connectivity index (χ1n) is 6.72. The van der Waals surface area contributed by atoms with Gasteiger partial charge in [0.05, 0.1) is 0 Å². The first-order chi connectivity index (χ1) is 8.69. The summed E-state index contributed by atoms with van der Waals surface area (Å²) in [6.45, 7) is 0.408. The van der Waals surface area contributed by atoms with Crippen molar-refractivity contribution in [3.63, 3.8) is 0 Å². The van der Waals surface area contributed by atoms with Crippen molar-refractivity contribution < 1.29 is 0 Å². The minimum atomic E-state index is 0.408. The largest absolute Gasteiger partial charge is 0.383 e. The van der Waals surface area contributed by atoms with E-state index < -0.39 is 0 Å². The lowest BCUT2D eigenvalue weighted by Gasteiger charge is -2.35. The molecule has 0 amide bonds. The summed E-state index contributed by atoms with van der Waals surface area (Å²) in [6, 6.07) is 1.40. The summed E-state index contributed by atoms with van der Waals surface area (Å²) in [5.74, 6) is 1.93. The number of piperidine rings is 1. The zero-order chi connectivity index (χ0) is 12.7. The Morgan fingerprint density at radius 3 is 2.56 bits per heavy atom. The Bertz CT molecular complexity index is 433. The smallest absolute Gasteiger partial charge is 0.133 e.